The standard InChI is InChI=1S/C17H24O3/c1-6-14(7-2)19-15(13-11-9-8-10-12-13)16(18)20-17(3,4)5/h6,8-12,15H,7H2,1-5H3/b14-6-/t15-/m1/s1. The van der Waals surface area contributed by atoms with Gasteiger partial charge in [0, 0.05) is 12.0 Å². The van der Waals surface area contributed by atoms with Crippen LogP contribution in [0.1, 0.15) is 52.7 Å². The highest BCUT2D eigenvalue weighted by Gasteiger charge is 2.28. The van der Waals surface area contributed by atoms with Crippen LogP contribution in [0.15, 0.2) is 42.2 Å². The van der Waals surface area contributed by atoms with Crippen LogP contribution in [-0.2, 0) is 14.3 Å². The molecule has 0 aliphatic heterocycles. The molecule has 110 valence electrons. The van der Waals surface area contributed by atoms with Crippen molar-refractivity contribution in [3.63, 3.8) is 0 Å². The molecule has 1 aromatic rings. The molecule has 0 saturated carbocycles. The molecule has 0 spiro atoms. The quantitative estimate of drug-likeness (QED) is 0.590. The van der Waals surface area contributed by atoms with Crippen molar-refractivity contribution in [2.45, 2.75) is 52.7 Å². The third-order valence-electron chi connectivity index (χ3n) is 2.66. The Bertz CT molecular complexity index is 455. The van der Waals surface area contributed by atoms with Gasteiger partial charge in [-0.25, -0.2) is 4.79 Å². The monoisotopic (exact) mass is 276 g/mol. The van der Waals surface area contributed by atoms with E-state index >= 15 is 0 Å². The van der Waals surface area contributed by atoms with Gasteiger partial charge in [-0.15, -0.1) is 0 Å². The second kappa shape index (κ2) is 7.13. The summed E-state index contributed by atoms with van der Waals surface area (Å²) in [4.78, 5) is 12.4. The van der Waals surface area contributed by atoms with E-state index in [1.807, 2.05) is 71.0 Å². The minimum Gasteiger partial charge on any atom is -0.479 e. The SMILES string of the molecule is C/C=C(/CC)O[C@@H](C(=O)OC(C)(C)C)c1ccccc1. The molecule has 3 nitrogen and oxygen atoms in total. The second-order valence-electron chi connectivity index (χ2n) is 5.55. The van der Waals surface area contributed by atoms with E-state index in [0.29, 0.717) is 0 Å². The summed E-state index contributed by atoms with van der Waals surface area (Å²) >= 11 is 0. The van der Waals surface area contributed by atoms with Crippen LogP contribution in [0.3, 0.4) is 0 Å². The van der Waals surface area contributed by atoms with Gasteiger partial charge in [-0.3, -0.25) is 0 Å². The van der Waals surface area contributed by atoms with Crippen molar-refractivity contribution in [3.8, 4) is 0 Å². The van der Waals surface area contributed by atoms with E-state index in [2.05, 4.69) is 0 Å². The molecule has 0 bridgehead atoms. The highest BCUT2D eigenvalue weighted by atomic mass is 16.6. The summed E-state index contributed by atoms with van der Waals surface area (Å²) in [5.74, 6) is 0.418. The third kappa shape index (κ3) is 5.08. The van der Waals surface area contributed by atoms with Crippen LogP contribution >= 0.6 is 0 Å². The first-order valence-corrected chi connectivity index (χ1v) is 6.97. The Kier molecular flexibility index (Phi) is 5.81. The van der Waals surface area contributed by atoms with Crippen molar-refractivity contribution in [2.75, 3.05) is 0 Å². The predicted molar refractivity (Wildman–Crippen MR) is 80.2 cm³/mol. The molecule has 0 saturated heterocycles. The normalized spacial score (nSPS) is 13.8. The van der Waals surface area contributed by atoms with Crippen LogP contribution in [-0.4, -0.2) is 11.6 Å². The molecule has 20 heavy (non-hydrogen) atoms. The fourth-order valence-corrected chi connectivity index (χ4v) is 1.74. The number of allylic oxidation sites excluding steroid dienone is 2. The molecule has 0 unspecified atom stereocenters. The topological polar surface area (TPSA) is 35.5 Å². The summed E-state index contributed by atoms with van der Waals surface area (Å²) in [5, 5.41) is 0. The van der Waals surface area contributed by atoms with E-state index in [1.165, 1.54) is 0 Å². The number of esters is 1. The summed E-state index contributed by atoms with van der Waals surface area (Å²) in [6.45, 7) is 9.44. The van der Waals surface area contributed by atoms with Gasteiger partial charge in [0.1, 0.15) is 5.60 Å². The minimum absolute atomic E-state index is 0.364. The zero-order valence-corrected chi connectivity index (χ0v) is 13.0. The summed E-state index contributed by atoms with van der Waals surface area (Å²) in [6, 6.07) is 9.43. The van der Waals surface area contributed by atoms with Gasteiger partial charge < -0.3 is 9.47 Å². The minimum atomic E-state index is -0.721. The number of hydrogen-bond donors (Lipinski definition) is 0. The lowest BCUT2D eigenvalue weighted by molar-refractivity contribution is -0.166. The number of benzene rings is 1. The fraction of sp³-hybridized carbons (Fsp3) is 0.471. The van der Waals surface area contributed by atoms with Crippen molar-refractivity contribution >= 4 is 5.97 Å². The van der Waals surface area contributed by atoms with Gasteiger partial charge in [-0.2, -0.15) is 0 Å². The molecule has 0 aromatic heterocycles. The first-order chi connectivity index (χ1) is 9.37. The lowest BCUT2D eigenvalue weighted by Crippen LogP contribution is -2.29. The Balaban J connectivity index is 2.99. The van der Waals surface area contributed by atoms with Crippen molar-refractivity contribution < 1.29 is 14.3 Å². The summed E-state index contributed by atoms with van der Waals surface area (Å²) in [6.07, 6.45) is 1.89. The summed E-state index contributed by atoms with van der Waals surface area (Å²) in [5.41, 5.74) is 0.269. The first-order valence-electron chi connectivity index (χ1n) is 6.97. The van der Waals surface area contributed by atoms with Gasteiger partial charge in [-0.1, -0.05) is 37.3 Å². The molecule has 0 aliphatic rings. The molecule has 1 atom stereocenters. The number of hydrogen-bond acceptors (Lipinski definition) is 3. The second-order valence-corrected chi connectivity index (χ2v) is 5.55. The van der Waals surface area contributed by atoms with E-state index in [1.54, 1.807) is 0 Å². The van der Waals surface area contributed by atoms with Crippen LogP contribution in [0.25, 0.3) is 0 Å². The lowest BCUT2D eigenvalue weighted by atomic mass is 10.1. The van der Waals surface area contributed by atoms with Gasteiger partial charge in [0.05, 0.1) is 5.76 Å². The Morgan fingerprint density at radius 2 is 1.85 bits per heavy atom. The predicted octanol–water partition coefficient (Wildman–Crippen LogP) is 4.40. The Morgan fingerprint density at radius 1 is 1.25 bits per heavy atom. The Morgan fingerprint density at radius 3 is 2.30 bits per heavy atom. The molecule has 0 radical (unpaired) electrons. The zero-order valence-electron chi connectivity index (χ0n) is 13.0. The highest BCUT2D eigenvalue weighted by molar-refractivity contribution is 5.77. The molecule has 0 heterocycles. The maximum atomic E-state index is 12.4. The highest BCUT2D eigenvalue weighted by Crippen LogP contribution is 2.25. The van der Waals surface area contributed by atoms with Gasteiger partial charge in [-0.05, 0) is 33.8 Å². The van der Waals surface area contributed by atoms with Crippen LogP contribution < -0.4 is 0 Å². The summed E-state index contributed by atoms with van der Waals surface area (Å²) < 4.78 is 11.3. The Labute approximate surface area is 121 Å². The molecule has 3 heteroatoms. The van der Waals surface area contributed by atoms with Gasteiger partial charge >= 0.3 is 5.97 Å². The number of carbonyl (C=O) groups is 1. The van der Waals surface area contributed by atoms with Gasteiger partial charge in [0.2, 0.25) is 6.10 Å². The van der Waals surface area contributed by atoms with Crippen LogP contribution in [0.4, 0.5) is 0 Å². The average molecular weight is 276 g/mol. The van der Waals surface area contributed by atoms with Crippen molar-refractivity contribution in [3.05, 3.63) is 47.7 Å². The zero-order chi connectivity index (χ0) is 15.2. The average Bonchev–Trinajstić information content (AvgIpc) is 2.39. The molecule has 1 aromatic carbocycles. The molecule has 0 N–H and O–H groups in total. The number of rotatable bonds is 5. The summed E-state index contributed by atoms with van der Waals surface area (Å²) in [7, 11) is 0. The van der Waals surface area contributed by atoms with E-state index in [4.69, 9.17) is 9.47 Å². The van der Waals surface area contributed by atoms with Gasteiger partial charge in [0.25, 0.3) is 0 Å². The van der Waals surface area contributed by atoms with Crippen molar-refractivity contribution in [1.82, 2.24) is 0 Å². The van der Waals surface area contributed by atoms with Crippen LogP contribution in [0.5, 0.6) is 0 Å². The van der Waals surface area contributed by atoms with E-state index in [9.17, 15) is 4.79 Å². The lowest BCUT2D eigenvalue weighted by Gasteiger charge is -2.25. The third-order valence-corrected chi connectivity index (χ3v) is 2.66. The molecular formula is C17H24O3. The van der Waals surface area contributed by atoms with E-state index < -0.39 is 11.7 Å². The van der Waals surface area contributed by atoms with Crippen LogP contribution in [0, 0.1) is 0 Å². The van der Waals surface area contributed by atoms with E-state index in [-0.39, 0.29) is 5.97 Å². The van der Waals surface area contributed by atoms with E-state index in [0.717, 1.165) is 17.7 Å². The molecule has 0 fully saturated rings. The first kappa shape index (κ1) is 16.3. The molecular weight excluding hydrogens is 252 g/mol. The Hall–Kier alpha value is -1.77. The van der Waals surface area contributed by atoms with Gasteiger partial charge in [0.15, 0.2) is 0 Å². The maximum Gasteiger partial charge on any atom is 0.352 e. The number of carbonyl (C=O) groups excluding carboxylic acids is 1. The molecule has 0 amide bonds. The largest absolute Gasteiger partial charge is 0.479 e. The smallest absolute Gasteiger partial charge is 0.352 e. The fourth-order valence-electron chi connectivity index (χ4n) is 1.74. The van der Waals surface area contributed by atoms with Crippen molar-refractivity contribution in [1.29, 1.82) is 0 Å². The number of ether oxygens (including phenoxy) is 2. The van der Waals surface area contributed by atoms with Crippen LogP contribution in [0.2, 0.25) is 0 Å². The molecule has 1 rings (SSSR count). The van der Waals surface area contributed by atoms with Crippen molar-refractivity contribution in [2.24, 2.45) is 0 Å². The molecule has 0 aliphatic carbocycles. The maximum absolute atomic E-state index is 12.4.